The zero-order valence-corrected chi connectivity index (χ0v) is 9.26. The Kier molecular flexibility index (Phi) is 3.27. The number of rotatable bonds is 2. The molecular weight excluding hydrogens is 177 g/mol. The van der Waals surface area contributed by atoms with Crippen molar-refractivity contribution in [3.05, 3.63) is 34.6 Å². The number of hydrogen-bond acceptors (Lipinski definition) is 1. The van der Waals surface area contributed by atoms with E-state index in [-0.39, 0.29) is 11.9 Å². The summed E-state index contributed by atoms with van der Waals surface area (Å²) in [5.74, 6) is 0.254. The maximum atomic E-state index is 13.3. The predicted octanol–water partition coefficient (Wildman–Crippen LogP) is 3.10. The van der Waals surface area contributed by atoms with Gasteiger partial charge in [0.1, 0.15) is 5.82 Å². The van der Waals surface area contributed by atoms with E-state index in [1.165, 1.54) is 0 Å². The van der Waals surface area contributed by atoms with Crippen molar-refractivity contribution in [2.24, 2.45) is 11.7 Å². The minimum Gasteiger partial charge on any atom is -0.324 e. The molecule has 78 valence electrons. The first kappa shape index (κ1) is 11.2. The van der Waals surface area contributed by atoms with Crippen LogP contribution in [0.1, 0.15) is 36.6 Å². The first-order valence-electron chi connectivity index (χ1n) is 4.95. The lowest BCUT2D eigenvalue weighted by atomic mass is 9.94. The van der Waals surface area contributed by atoms with Crippen LogP contribution in [-0.4, -0.2) is 0 Å². The Labute approximate surface area is 85.1 Å². The highest BCUT2D eigenvalue weighted by Crippen LogP contribution is 2.23. The van der Waals surface area contributed by atoms with E-state index in [2.05, 4.69) is 13.8 Å². The second-order valence-corrected chi connectivity index (χ2v) is 4.24. The van der Waals surface area contributed by atoms with Gasteiger partial charge in [0.15, 0.2) is 0 Å². The predicted molar refractivity (Wildman–Crippen MR) is 57.6 cm³/mol. The summed E-state index contributed by atoms with van der Waals surface area (Å²) < 4.78 is 13.3. The third-order valence-electron chi connectivity index (χ3n) is 2.56. The van der Waals surface area contributed by atoms with Crippen LogP contribution in [0.2, 0.25) is 0 Å². The molecule has 1 atom stereocenters. The second-order valence-electron chi connectivity index (χ2n) is 4.24. The van der Waals surface area contributed by atoms with E-state index < -0.39 is 0 Å². The Balaban J connectivity index is 3.12. The fourth-order valence-electron chi connectivity index (χ4n) is 1.56. The summed E-state index contributed by atoms with van der Waals surface area (Å²) in [6.45, 7) is 7.69. The van der Waals surface area contributed by atoms with Crippen LogP contribution >= 0.6 is 0 Å². The van der Waals surface area contributed by atoms with Crippen molar-refractivity contribution in [3.8, 4) is 0 Å². The number of hydrogen-bond donors (Lipinski definition) is 1. The molecule has 0 heterocycles. The normalized spacial score (nSPS) is 13.4. The van der Waals surface area contributed by atoms with Gasteiger partial charge in [0.2, 0.25) is 0 Å². The largest absolute Gasteiger partial charge is 0.324 e. The van der Waals surface area contributed by atoms with E-state index in [1.54, 1.807) is 13.8 Å². The zero-order valence-electron chi connectivity index (χ0n) is 9.26. The zero-order chi connectivity index (χ0) is 10.9. The molecule has 1 rings (SSSR count). The molecule has 0 aliphatic carbocycles. The van der Waals surface area contributed by atoms with Crippen molar-refractivity contribution < 1.29 is 4.39 Å². The van der Waals surface area contributed by atoms with Gasteiger partial charge in [-0.15, -0.1) is 0 Å². The monoisotopic (exact) mass is 195 g/mol. The number of benzene rings is 1. The summed E-state index contributed by atoms with van der Waals surface area (Å²) >= 11 is 0. The molecule has 0 radical (unpaired) electrons. The molecule has 2 N–H and O–H groups in total. The van der Waals surface area contributed by atoms with Crippen molar-refractivity contribution in [1.29, 1.82) is 0 Å². The van der Waals surface area contributed by atoms with Gasteiger partial charge >= 0.3 is 0 Å². The molecule has 2 heteroatoms. The van der Waals surface area contributed by atoms with Crippen LogP contribution in [-0.2, 0) is 0 Å². The summed E-state index contributed by atoms with van der Waals surface area (Å²) in [5.41, 5.74) is 8.38. The summed E-state index contributed by atoms with van der Waals surface area (Å²) in [6, 6.07) is 3.67. The van der Waals surface area contributed by atoms with Gasteiger partial charge in [0.25, 0.3) is 0 Å². The molecule has 0 aliphatic heterocycles. The first-order valence-corrected chi connectivity index (χ1v) is 4.95. The number of aryl methyl sites for hydroxylation is 2. The van der Waals surface area contributed by atoms with Crippen LogP contribution in [0.15, 0.2) is 12.1 Å². The Hall–Kier alpha value is -0.890. The molecule has 0 saturated heterocycles. The topological polar surface area (TPSA) is 26.0 Å². The lowest BCUT2D eigenvalue weighted by Gasteiger charge is -2.17. The molecule has 14 heavy (non-hydrogen) atoms. The SMILES string of the molecule is Cc1cc([C@H](N)C(C)C)cc(C)c1F. The van der Waals surface area contributed by atoms with Crippen molar-refractivity contribution >= 4 is 0 Å². The third-order valence-corrected chi connectivity index (χ3v) is 2.56. The van der Waals surface area contributed by atoms with Gasteiger partial charge in [-0.25, -0.2) is 4.39 Å². The van der Waals surface area contributed by atoms with Crippen LogP contribution in [0.3, 0.4) is 0 Å². The molecule has 0 unspecified atom stereocenters. The number of halogens is 1. The van der Waals surface area contributed by atoms with Crippen molar-refractivity contribution in [3.63, 3.8) is 0 Å². The molecule has 1 aromatic rings. The smallest absolute Gasteiger partial charge is 0.129 e. The summed E-state index contributed by atoms with van der Waals surface area (Å²) in [4.78, 5) is 0. The molecule has 0 aliphatic rings. The molecule has 1 nitrogen and oxygen atoms in total. The van der Waals surface area contributed by atoms with Crippen LogP contribution < -0.4 is 5.73 Å². The minimum atomic E-state index is -0.121. The van der Waals surface area contributed by atoms with Gasteiger partial charge in [-0.05, 0) is 36.5 Å². The van der Waals surface area contributed by atoms with Gasteiger partial charge < -0.3 is 5.73 Å². The third kappa shape index (κ3) is 2.13. The van der Waals surface area contributed by atoms with E-state index in [0.29, 0.717) is 17.0 Å². The highest BCUT2D eigenvalue weighted by Gasteiger charge is 2.13. The average Bonchev–Trinajstić information content (AvgIpc) is 2.12. The molecule has 0 amide bonds. The van der Waals surface area contributed by atoms with Crippen molar-refractivity contribution in [2.45, 2.75) is 33.7 Å². The molecule has 1 aromatic carbocycles. The molecular formula is C12H18FN. The van der Waals surface area contributed by atoms with Gasteiger partial charge in [0, 0.05) is 6.04 Å². The molecule has 0 bridgehead atoms. The van der Waals surface area contributed by atoms with Crippen molar-refractivity contribution in [1.82, 2.24) is 0 Å². The van der Waals surface area contributed by atoms with Crippen molar-refractivity contribution in [2.75, 3.05) is 0 Å². The summed E-state index contributed by atoms with van der Waals surface area (Å²) in [6.07, 6.45) is 0. The Morgan fingerprint density at radius 3 is 1.93 bits per heavy atom. The molecule has 0 fully saturated rings. The van der Waals surface area contributed by atoms with Crippen LogP contribution in [0.25, 0.3) is 0 Å². The van der Waals surface area contributed by atoms with E-state index in [4.69, 9.17) is 5.73 Å². The van der Waals surface area contributed by atoms with Gasteiger partial charge in [-0.2, -0.15) is 0 Å². The highest BCUT2D eigenvalue weighted by atomic mass is 19.1. The standard InChI is InChI=1S/C12H18FN/c1-7(2)12(14)10-5-8(3)11(13)9(4)6-10/h5-7,12H,14H2,1-4H3/t12-/m1/s1. The highest BCUT2D eigenvalue weighted by molar-refractivity contribution is 5.32. The number of nitrogens with two attached hydrogens (primary N) is 1. The minimum absolute atomic E-state index is 0.00648. The van der Waals surface area contributed by atoms with Gasteiger partial charge in [-0.3, -0.25) is 0 Å². The fraction of sp³-hybridized carbons (Fsp3) is 0.500. The Bertz CT molecular complexity index is 308. The maximum absolute atomic E-state index is 13.3. The first-order chi connectivity index (χ1) is 6.43. The van der Waals surface area contributed by atoms with Crippen LogP contribution in [0.4, 0.5) is 4.39 Å². The van der Waals surface area contributed by atoms with Gasteiger partial charge in [0.05, 0.1) is 0 Å². The summed E-state index contributed by atoms with van der Waals surface area (Å²) in [7, 11) is 0. The lowest BCUT2D eigenvalue weighted by molar-refractivity contribution is 0.511. The van der Waals surface area contributed by atoms with E-state index in [0.717, 1.165) is 5.56 Å². The van der Waals surface area contributed by atoms with E-state index in [1.807, 2.05) is 12.1 Å². The van der Waals surface area contributed by atoms with Crippen LogP contribution in [0, 0.1) is 25.6 Å². The Morgan fingerprint density at radius 1 is 1.14 bits per heavy atom. The lowest BCUT2D eigenvalue weighted by Crippen LogP contribution is -2.17. The molecule has 0 spiro atoms. The quantitative estimate of drug-likeness (QED) is 0.771. The fourth-order valence-corrected chi connectivity index (χ4v) is 1.56. The second kappa shape index (κ2) is 4.09. The van der Waals surface area contributed by atoms with E-state index >= 15 is 0 Å². The average molecular weight is 195 g/mol. The van der Waals surface area contributed by atoms with Crippen LogP contribution in [0.5, 0.6) is 0 Å². The van der Waals surface area contributed by atoms with Gasteiger partial charge in [-0.1, -0.05) is 26.0 Å². The molecule has 0 saturated carbocycles. The Morgan fingerprint density at radius 2 is 1.57 bits per heavy atom. The van der Waals surface area contributed by atoms with E-state index in [9.17, 15) is 4.39 Å². The maximum Gasteiger partial charge on any atom is 0.129 e. The summed E-state index contributed by atoms with van der Waals surface area (Å²) in [5, 5.41) is 0. The molecule has 0 aromatic heterocycles.